The predicted octanol–water partition coefficient (Wildman–Crippen LogP) is 1.39. The molecule has 13 nitrogen and oxygen atoms in total. The zero-order valence-electron chi connectivity index (χ0n) is 24.6. The number of unbranched alkanes of at least 4 members (excludes halogenated alkanes) is 1. The molecule has 2 fully saturated rings. The number of hydrogen-bond donors (Lipinski definition) is 1. The van der Waals surface area contributed by atoms with Crippen molar-refractivity contribution in [2.45, 2.75) is 26.2 Å². The lowest BCUT2D eigenvalue weighted by Crippen LogP contribution is -2.38. The number of carbonyl (C=O) groups is 2. The van der Waals surface area contributed by atoms with Crippen LogP contribution in [0.2, 0.25) is 0 Å². The van der Waals surface area contributed by atoms with Crippen molar-refractivity contribution in [1.29, 1.82) is 0 Å². The Labute approximate surface area is 254 Å². The maximum absolute atomic E-state index is 14.0. The maximum Gasteiger partial charge on any atom is 0.304 e. The highest BCUT2D eigenvalue weighted by Gasteiger charge is 2.36. The largest absolute Gasteiger partial charge is 0.486 e. The monoisotopic (exact) mass is 630 g/mol. The molecule has 0 radical (unpaired) electrons. The Morgan fingerprint density at radius 2 is 1.84 bits per heavy atom. The molecule has 1 N–H and O–H groups in total. The molecule has 4 heterocycles. The number of nitrogens with zero attached hydrogens (tertiary/aromatic N) is 5. The second kappa shape index (κ2) is 13.3. The first-order valence-electron chi connectivity index (χ1n) is 14.4. The zero-order chi connectivity index (χ0) is 31.4. The second-order valence-corrected chi connectivity index (χ2v) is 12.6. The van der Waals surface area contributed by atoms with E-state index < -0.39 is 27.5 Å². The van der Waals surface area contributed by atoms with E-state index in [-0.39, 0.29) is 61.2 Å². The Balaban J connectivity index is 1.56. The van der Waals surface area contributed by atoms with Gasteiger partial charge >= 0.3 is 15.8 Å². The van der Waals surface area contributed by atoms with Crippen LogP contribution in [0, 0.1) is 5.82 Å². The number of Topliss-reactive ketones (excluding diaryl/α,β-unsaturated/α-hetero) is 1. The van der Waals surface area contributed by atoms with Crippen LogP contribution in [0.3, 0.4) is 0 Å². The Hall–Kier alpha value is -4.08. The van der Waals surface area contributed by atoms with Gasteiger partial charge in [-0.05, 0) is 30.2 Å². The summed E-state index contributed by atoms with van der Waals surface area (Å²) >= 11 is 0. The van der Waals surface area contributed by atoms with Gasteiger partial charge in [0.25, 0.3) is 5.91 Å². The molecule has 3 aromatic rings. The Bertz CT molecular complexity index is 1710. The number of likely N-dealkylation sites (N-methyl/N-ethyl adjacent to an activating group) is 1. The van der Waals surface area contributed by atoms with E-state index in [9.17, 15) is 27.2 Å². The predicted molar refractivity (Wildman–Crippen MR) is 161 cm³/mol. The molecule has 0 aliphatic carbocycles. The quantitative estimate of drug-likeness (QED) is 0.311. The number of ether oxygens (including phenoxy) is 2. The normalized spacial score (nSPS) is 16.8. The highest BCUT2D eigenvalue weighted by atomic mass is 32.2. The summed E-state index contributed by atoms with van der Waals surface area (Å²) in [7, 11) is -2.45. The van der Waals surface area contributed by atoms with E-state index in [0.29, 0.717) is 44.0 Å². The first-order chi connectivity index (χ1) is 21.1. The molecule has 1 amide bonds. The minimum absolute atomic E-state index is 0.0387. The molecule has 44 heavy (non-hydrogen) atoms. The number of halogens is 1. The van der Waals surface area contributed by atoms with Crippen LogP contribution < -0.4 is 24.8 Å². The first kappa shape index (κ1) is 31.3. The molecule has 5 rings (SSSR count). The lowest BCUT2D eigenvalue weighted by atomic mass is 10.1. The number of amides is 1. The molecule has 1 aromatic carbocycles. The third-order valence-electron chi connectivity index (χ3n) is 7.50. The summed E-state index contributed by atoms with van der Waals surface area (Å²) in [6.07, 6.45) is 2.90. The SMILES string of the molecule is CCCCOc1c(C(=O)NCC(=O)Cc2ccc(F)cc2)nc2c(N3CCN(C)S3(=O)=O)cc(N3CCOCC3)cn2c1=O. The van der Waals surface area contributed by atoms with Gasteiger partial charge in [-0.25, -0.2) is 9.37 Å². The lowest BCUT2D eigenvalue weighted by Gasteiger charge is -2.30. The molecule has 2 aliphatic heterocycles. The van der Waals surface area contributed by atoms with Crippen LogP contribution in [0.1, 0.15) is 35.8 Å². The van der Waals surface area contributed by atoms with Crippen molar-refractivity contribution in [3.63, 3.8) is 0 Å². The van der Waals surface area contributed by atoms with Gasteiger partial charge in [-0.1, -0.05) is 25.5 Å². The summed E-state index contributed by atoms with van der Waals surface area (Å²) in [5, 5.41) is 2.51. The number of benzene rings is 1. The van der Waals surface area contributed by atoms with Crippen molar-refractivity contribution < 1.29 is 31.9 Å². The average Bonchev–Trinajstić information content (AvgIpc) is 3.29. The fourth-order valence-electron chi connectivity index (χ4n) is 5.00. The molecule has 2 aromatic heterocycles. The molecular formula is C29H35FN6O7S. The average molecular weight is 631 g/mol. The van der Waals surface area contributed by atoms with Crippen LogP contribution in [-0.2, 0) is 26.2 Å². The molecule has 236 valence electrons. The summed E-state index contributed by atoms with van der Waals surface area (Å²) < 4.78 is 54.6. The standard InChI is InChI=1S/C29H35FN6O7S/c1-3-4-13-43-26-25(28(38)31-18-23(37)16-20-5-7-21(30)8-6-20)32-27-24(36-10-9-33(2)44(36,40)41)17-22(19-35(27)29(26)39)34-11-14-42-15-12-34/h5-8,17,19H,3-4,9-16,18H2,1-2H3,(H,31,38). The molecule has 0 atom stereocenters. The number of morpholine rings is 1. The van der Waals surface area contributed by atoms with Gasteiger partial charge < -0.3 is 19.7 Å². The lowest BCUT2D eigenvalue weighted by molar-refractivity contribution is -0.117. The molecule has 15 heteroatoms. The molecule has 2 saturated heterocycles. The molecule has 0 bridgehead atoms. The number of carbonyl (C=O) groups excluding carboxylic acids is 2. The van der Waals surface area contributed by atoms with Gasteiger partial charge in [-0.15, -0.1) is 0 Å². The van der Waals surface area contributed by atoms with Crippen LogP contribution in [0.4, 0.5) is 15.8 Å². The van der Waals surface area contributed by atoms with E-state index in [4.69, 9.17) is 9.47 Å². The Morgan fingerprint density at radius 3 is 2.50 bits per heavy atom. The van der Waals surface area contributed by atoms with Crippen LogP contribution >= 0.6 is 0 Å². The van der Waals surface area contributed by atoms with E-state index >= 15 is 0 Å². The first-order valence-corrected chi connectivity index (χ1v) is 15.8. The van der Waals surface area contributed by atoms with Crippen LogP contribution in [0.15, 0.2) is 41.3 Å². The minimum atomic E-state index is -3.92. The molecule has 0 spiro atoms. The van der Waals surface area contributed by atoms with Crippen LogP contribution in [0.25, 0.3) is 5.65 Å². The van der Waals surface area contributed by atoms with Crippen LogP contribution in [0.5, 0.6) is 5.75 Å². The number of pyridine rings is 1. The highest BCUT2D eigenvalue weighted by Crippen LogP contribution is 2.32. The van der Waals surface area contributed by atoms with E-state index in [1.807, 2.05) is 11.8 Å². The van der Waals surface area contributed by atoms with Crippen molar-refractivity contribution in [3.8, 4) is 5.75 Å². The number of aromatic nitrogens is 2. The fraction of sp³-hybridized carbons (Fsp3) is 0.448. The number of anilines is 2. The topological polar surface area (TPSA) is 143 Å². The number of ketones is 1. The van der Waals surface area contributed by atoms with Gasteiger partial charge in [0.1, 0.15) is 5.82 Å². The van der Waals surface area contributed by atoms with Crippen molar-refractivity contribution in [2.24, 2.45) is 0 Å². The number of fused-ring (bicyclic) bond motifs is 1. The highest BCUT2D eigenvalue weighted by molar-refractivity contribution is 7.90. The van der Waals surface area contributed by atoms with E-state index in [1.54, 1.807) is 12.3 Å². The van der Waals surface area contributed by atoms with Crippen molar-refractivity contribution in [2.75, 3.05) is 68.8 Å². The smallest absolute Gasteiger partial charge is 0.304 e. The summed E-state index contributed by atoms with van der Waals surface area (Å²) in [5.41, 5.74) is 0.219. The molecular weight excluding hydrogens is 595 g/mol. The molecule has 0 unspecified atom stereocenters. The van der Waals surface area contributed by atoms with E-state index in [2.05, 4.69) is 10.3 Å². The summed E-state index contributed by atoms with van der Waals surface area (Å²) in [4.78, 5) is 46.5. The minimum Gasteiger partial charge on any atom is -0.486 e. The van der Waals surface area contributed by atoms with Crippen LogP contribution in [-0.4, -0.2) is 93.4 Å². The number of nitrogens with one attached hydrogen (secondary N) is 1. The number of rotatable bonds is 11. The van der Waals surface area contributed by atoms with Gasteiger partial charge in [0.15, 0.2) is 17.1 Å². The van der Waals surface area contributed by atoms with E-state index in [0.717, 1.165) is 6.42 Å². The van der Waals surface area contributed by atoms with Gasteiger partial charge in [0.2, 0.25) is 5.75 Å². The van der Waals surface area contributed by atoms with Gasteiger partial charge in [-0.3, -0.25) is 23.1 Å². The summed E-state index contributed by atoms with van der Waals surface area (Å²) in [6, 6.07) is 7.10. The van der Waals surface area contributed by atoms with Crippen molar-refractivity contribution in [3.05, 3.63) is 64.0 Å². The third-order valence-corrected chi connectivity index (χ3v) is 9.41. The van der Waals surface area contributed by atoms with Gasteiger partial charge in [-0.2, -0.15) is 12.7 Å². The number of hydrogen-bond acceptors (Lipinski definition) is 9. The van der Waals surface area contributed by atoms with E-state index in [1.165, 1.54) is 44.3 Å². The summed E-state index contributed by atoms with van der Waals surface area (Å²) in [5.74, 6) is -1.90. The zero-order valence-corrected chi connectivity index (χ0v) is 25.4. The van der Waals surface area contributed by atoms with Gasteiger partial charge in [0.05, 0.1) is 37.7 Å². The Morgan fingerprint density at radius 1 is 1.11 bits per heavy atom. The summed E-state index contributed by atoms with van der Waals surface area (Å²) in [6.45, 7) is 4.06. The molecule has 2 aliphatic rings. The Kier molecular flexibility index (Phi) is 9.46. The maximum atomic E-state index is 14.0. The van der Waals surface area contributed by atoms with Gasteiger partial charge in [0, 0.05) is 45.8 Å². The second-order valence-electron chi connectivity index (χ2n) is 10.6. The van der Waals surface area contributed by atoms with Crippen molar-refractivity contribution >= 4 is 38.9 Å². The van der Waals surface area contributed by atoms with Crippen molar-refractivity contribution in [1.82, 2.24) is 19.0 Å². The molecule has 0 saturated carbocycles. The fourth-order valence-corrected chi connectivity index (χ4v) is 6.35. The third kappa shape index (κ3) is 6.54.